The number of amides is 2. The van der Waals surface area contributed by atoms with Gasteiger partial charge in [0, 0.05) is 30.2 Å². The molecule has 3 aromatic rings. The molecule has 1 aliphatic heterocycles. The van der Waals surface area contributed by atoms with Crippen LogP contribution in [0.5, 0.6) is 0 Å². The molecule has 0 unspecified atom stereocenters. The van der Waals surface area contributed by atoms with E-state index in [0.717, 1.165) is 28.2 Å². The molecule has 156 valence electrons. The molecular formula is C19H19N5O5S. The van der Waals surface area contributed by atoms with E-state index >= 15 is 0 Å². The number of piperazine rings is 1. The number of aromatic amines is 1. The fraction of sp³-hybridized carbons (Fsp3) is 0.316. The lowest BCUT2D eigenvalue weighted by molar-refractivity contribution is -0.149. The predicted molar refractivity (Wildman–Crippen MR) is 107 cm³/mol. The third kappa shape index (κ3) is 4.01. The van der Waals surface area contributed by atoms with Crippen molar-refractivity contribution in [3.05, 3.63) is 30.5 Å². The number of nitrogens with zero attached hydrogens (tertiary/aromatic N) is 3. The number of nitrogens with one attached hydrogen (secondary N) is 2. The third-order valence-corrected chi connectivity index (χ3v) is 5.59. The molecule has 2 aromatic heterocycles. The summed E-state index contributed by atoms with van der Waals surface area (Å²) in [7, 11) is 1.24. The molecule has 30 heavy (non-hydrogen) atoms. The van der Waals surface area contributed by atoms with Gasteiger partial charge in [-0.25, -0.2) is 0 Å². The number of aromatic nitrogens is 3. The van der Waals surface area contributed by atoms with Crippen molar-refractivity contribution in [2.24, 2.45) is 0 Å². The summed E-state index contributed by atoms with van der Waals surface area (Å²) >= 11 is 1.08. The highest BCUT2D eigenvalue weighted by atomic mass is 32.2. The summed E-state index contributed by atoms with van der Waals surface area (Å²) in [5.41, 5.74) is 1.73. The van der Waals surface area contributed by atoms with E-state index in [4.69, 9.17) is 4.42 Å². The molecule has 4 rings (SSSR count). The zero-order valence-electron chi connectivity index (χ0n) is 16.1. The Bertz CT molecular complexity index is 1090. The minimum Gasteiger partial charge on any atom is -0.469 e. The molecule has 1 saturated heterocycles. The van der Waals surface area contributed by atoms with E-state index in [-0.39, 0.29) is 29.2 Å². The van der Waals surface area contributed by atoms with E-state index in [1.54, 1.807) is 6.20 Å². The van der Waals surface area contributed by atoms with Gasteiger partial charge < -0.3 is 24.4 Å². The number of esters is 1. The lowest BCUT2D eigenvalue weighted by atomic mass is 10.1. The summed E-state index contributed by atoms with van der Waals surface area (Å²) in [6, 6.07) is 6.86. The first-order valence-corrected chi connectivity index (χ1v) is 10.2. The van der Waals surface area contributed by atoms with Crippen LogP contribution in [0.3, 0.4) is 0 Å². The molecule has 0 spiro atoms. The first-order chi connectivity index (χ1) is 14.6. The summed E-state index contributed by atoms with van der Waals surface area (Å²) in [5, 5.41) is 11.9. The Labute approximate surface area is 175 Å². The number of methoxy groups -OCH3 is 1. The van der Waals surface area contributed by atoms with Gasteiger partial charge in [-0.15, -0.1) is 10.2 Å². The maximum atomic E-state index is 12.7. The molecule has 1 aliphatic rings. The molecule has 10 nitrogen and oxygen atoms in total. The van der Waals surface area contributed by atoms with E-state index in [2.05, 4.69) is 25.2 Å². The average Bonchev–Trinajstić information content (AvgIpc) is 3.40. The van der Waals surface area contributed by atoms with E-state index < -0.39 is 12.0 Å². The quantitative estimate of drug-likeness (QED) is 0.442. The van der Waals surface area contributed by atoms with Gasteiger partial charge in [-0.1, -0.05) is 30.0 Å². The molecule has 0 radical (unpaired) electrons. The first kappa shape index (κ1) is 20.0. The Balaban J connectivity index is 1.42. The van der Waals surface area contributed by atoms with Gasteiger partial charge in [0.2, 0.25) is 11.8 Å². The van der Waals surface area contributed by atoms with Gasteiger partial charge in [-0.05, 0) is 6.07 Å². The zero-order valence-corrected chi connectivity index (χ0v) is 16.9. The summed E-state index contributed by atoms with van der Waals surface area (Å²) in [6.45, 7) is 0.648. The second-order valence-electron chi connectivity index (χ2n) is 6.58. The molecule has 2 N–H and O–H groups in total. The van der Waals surface area contributed by atoms with Crippen LogP contribution >= 0.6 is 11.8 Å². The Morgan fingerprint density at radius 1 is 1.33 bits per heavy atom. The van der Waals surface area contributed by atoms with E-state index in [1.165, 1.54) is 12.0 Å². The van der Waals surface area contributed by atoms with Crippen molar-refractivity contribution in [1.29, 1.82) is 0 Å². The second kappa shape index (κ2) is 8.57. The molecule has 0 aliphatic carbocycles. The molecule has 11 heteroatoms. The smallest absolute Gasteiger partial charge is 0.308 e. The van der Waals surface area contributed by atoms with Gasteiger partial charge in [0.15, 0.2) is 0 Å². The van der Waals surface area contributed by atoms with Crippen molar-refractivity contribution in [3.8, 4) is 11.5 Å². The number of benzene rings is 1. The summed E-state index contributed by atoms with van der Waals surface area (Å²) in [5.74, 6) is -0.869. The highest BCUT2D eigenvalue weighted by Crippen LogP contribution is 2.29. The maximum Gasteiger partial charge on any atom is 0.308 e. The molecule has 1 fully saturated rings. The number of fused-ring (bicyclic) bond motifs is 1. The SMILES string of the molecule is COC(=O)C[C@@H]1C(=O)NCCN1C(=O)CSc1nnc(-c2c[nH]c3ccccc23)o1. The monoisotopic (exact) mass is 429 g/mol. The highest BCUT2D eigenvalue weighted by molar-refractivity contribution is 7.99. The van der Waals surface area contributed by atoms with Crippen LogP contribution < -0.4 is 5.32 Å². The van der Waals surface area contributed by atoms with E-state index in [1.807, 2.05) is 24.3 Å². The van der Waals surface area contributed by atoms with Gasteiger partial charge >= 0.3 is 5.97 Å². The van der Waals surface area contributed by atoms with Gasteiger partial charge in [0.05, 0.1) is 24.8 Å². The number of carbonyl (C=O) groups is 3. The van der Waals surface area contributed by atoms with Crippen LogP contribution in [0, 0.1) is 0 Å². The predicted octanol–water partition coefficient (Wildman–Crippen LogP) is 1.20. The van der Waals surface area contributed by atoms with Crippen molar-refractivity contribution >= 4 is 40.4 Å². The minimum absolute atomic E-state index is 0.000467. The summed E-state index contributed by atoms with van der Waals surface area (Å²) in [6.07, 6.45) is 1.60. The third-order valence-electron chi connectivity index (χ3n) is 4.78. The molecule has 2 amide bonds. The molecule has 1 atom stereocenters. The number of H-pyrrole nitrogens is 1. The molecule has 1 aromatic carbocycles. The lowest BCUT2D eigenvalue weighted by Gasteiger charge is -2.34. The number of ether oxygens (including phenoxy) is 1. The number of carbonyl (C=O) groups excluding carboxylic acids is 3. The Morgan fingerprint density at radius 3 is 3.00 bits per heavy atom. The first-order valence-electron chi connectivity index (χ1n) is 9.23. The minimum atomic E-state index is -0.885. The van der Waals surface area contributed by atoms with Crippen LogP contribution in [0.2, 0.25) is 0 Å². The molecule has 0 bridgehead atoms. The second-order valence-corrected chi connectivity index (χ2v) is 7.51. The normalized spacial score (nSPS) is 16.5. The maximum absolute atomic E-state index is 12.7. The fourth-order valence-electron chi connectivity index (χ4n) is 3.29. The zero-order chi connectivity index (χ0) is 21.1. The lowest BCUT2D eigenvalue weighted by Crippen LogP contribution is -2.58. The summed E-state index contributed by atoms with van der Waals surface area (Å²) < 4.78 is 10.3. The van der Waals surface area contributed by atoms with Crippen molar-refractivity contribution < 1.29 is 23.5 Å². The van der Waals surface area contributed by atoms with Gasteiger partial charge in [-0.3, -0.25) is 14.4 Å². The number of thioether (sulfide) groups is 1. The van der Waals surface area contributed by atoms with Gasteiger partial charge in [0.25, 0.3) is 11.1 Å². The molecular weight excluding hydrogens is 410 g/mol. The topological polar surface area (TPSA) is 130 Å². The van der Waals surface area contributed by atoms with Gasteiger partial charge in [0.1, 0.15) is 6.04 Å². The Morgan fingerprint density at radius 2 is 2.17 bits per heavy atom. The summed E-state index contributed by atoms with van der Waals surface area (Å²) in [4.78, 5) is 40.9. The molecule has 3 heterocycles. The van der Waals surface area contributed by atoms with Crippen molar-refractivity contribution in [1.82, 2.24) is 25.4 Å². The van der Waals surface area contributed by atoms with Crippen molar-refractivity contribution in [3.63, 3.8) is 0 Å². The van der Waals surface area contributed by atoms with Crippen LogP contribution in [-0.4, -0.2) is 69.9 Å². The van der Waals surface area contributed by atoms with Crippen LogP contribution in [0.4, 0.5) is 0 Å². The number of para-hydroxylation sites is 1. The van der Waals surface area contributed by atoms with Crippen molar-refractivity contribution in [2.45, 2.75) is 17.7 Å². The van der Waals surface area contributed by atoms with Crippen LogP contribution in [0.1, 0.15) is 6.42 Å². The van der Waals surface area contributed by atoms with E-state index in [9.17, 15) is 14.4 Å². The van der Waals surface area contributed by atoms with Crippen LogP contribution in [0.15, 0.2) is 40.1 Å². The average molecular weight is 429 g/mol. The largest absolute Gasteiger partial charge is 0.469 e. The van der Waals surface area contributed by atoms with Gasteiger partial charge in [-0.2, -0.15) is 0 Å². The number of hydrogen-bond donors (Lipinski definition) is 2. The van der Waals surface area contributed by atoms with Crippen LogP contribution in [-0.2, 0) is 19.1 Å². The fourth-order valence-corrected chi connectivity index (χ4v) is 3.94. The number of hydrogen-bond acceptors (Lipinski definition) is 8. The highest BCUT2D eigenvalue weighted by Gasteiger charge is 2.35. The van der Waals surface area contributed by atoms with Crippen LogP contribution in [0.25, 0.3) is 22.4 Å². The Hall–Kier alpha value is -3.34. The van der Waals surface area contributed by atoms with E-state index in [0.29, 0.717) is 19.0 Å². The van der Waals surface area contributed by atoms with Crippen molar-refractivity contribution in [2.75, 3.05) is 26.0 Å². The Kier molecular flexibility index (Phi) is 5.70. The number of rotatable bonds is 6. The molecule has 0 saturated carbocycles. The standard InChI is InChI=1S/C19H19N5O5S/c1-28-16(26)8-14-17(27)20-6-7-24(14)15(25)10-30-19-23-22-18(29-19)12-9-21-13-5-3-2-4-11(12)13/h2-5,9,14,21H,6-8,10H2,1H3,(H,20,27)/t14-/m1/s1.